The Morgan fingerprint density at radius 3 is 2.29 bits per heavy atom. The Labute approximate surface area is 103 Å². The summed E-state index contributed by atoms with van der Waals surface area (Å²) in [6.07, 6.45) is 1.12. The van der Waals surface area contributed by atoms with Gasteiger partial charge in [-0.2, -0.15) is 0 Å². The van der Waals surface area contributed by atoms with E-state index in [0.29, 0.717) is 6.42 Å². The van der Waals surface area contributed by atoms with Gasteiger partial charge in [-0.1, -0.05) is 32.9 Å². The first-order valence-corrected chi connectivity index (χ1v) is 5.95. The topological polar surface area (TPSA) is 26.3 Å². The number of hydrogen-bond donors (Lipinski definition) is 0. The average Bonchev–Trinajstić information content (AvgIpc) is 2.38. The van der Waals surface area contributed by atoms with Crippen molar-refractivity contribution in [3.05, 3.63) is 35.6 Å². The number of hydrogen-bond acceptors (Lipinski definition) is 2. The molecule has 0 radical (unpaired) electrons. The van der Waals surface area contributed by atoms with Gasteiger partial charge in [-0.05, 0) is 30.0 Å². The average molecular weight is 240 g/mol. The van der Waals surface area contributed by atoms with Crippen LogP contribution in [-0.4, -0.2) is 13.1 Å². The fraction of sp³-hybridized carbons (Fsp3) is 0.500. The maximum atomic E-state index is 12.6. The van der Waals surface area contributed by atoms with Crippen LogP contribution in [0, 0.1) is 5.82 Å². The van der Waals surface area contributed by atoms with Crippen LogP contribution in [0.3, 0.4) is 0 Å². The van der Waals surface area contributed by atoms with E-state index in [-0.39, 0.29) is 17.7 Å². The quantitative estimate of drug-likeness (QED) is 0.746. The highest BCUT2D eigenvalue weighted by atomic mass is 19.1. The second kappa shape index (κ2) is 8.74. The van der Waals surface area contributed by atoms with Crippen molar-refractivity contribution in [1.29, 1.82) is 0 Å². The Kier molecular flexibility index (Phi) is 8.03. The van der Waals surface area contributed by atoms with Crippen molar-refractivity contribution in [1.82, 2.24) is 0 Å². The van der Waals surface area contributed by atoms with E-state index in [1.807, 2.05) is 20.8 Å². The summed E-state index contributed by atoms with van der Waals surface area (Å²) in [6.45, 7) is 6.01. The van der Waals surface area contributed by atoms with E-state index in [1.165, 1.54) is 19.2 Å². The molecule has 0 amide bonds. The highest BCUT2D eigenvalue weighted by molar-refractivity contribution is 5.69. The molecule has 0 saturated carbocycles. The minimum atomic E-state index is -0.237. The molecule has 0 bridgehead atoms. The third kappa shape index (κ3) is 6.05. The van der Waals surface area contributed by atoms with E-state index >= 15 is 0 Å². The van der Waals surface area contributed by atoms with Crippen LogP contribution < -0.4 is 0 Å². The molecule has 0 aliphatic carbocycles. The van der Waals surface area contributed by atoms with Gasteiger partial charge in [-0.25, -0.2) is 4.39 Å². The molecular formula is C14H21FO2. The van der Waals surface area contributed by atoms with E-state index in [9.17, 15) is 9.18 Å². The predicted octanol–water partition coefficient (Wildman–Crippen LogP) is 3.91. The van der Waals surface area contributed by atoms with Crippen LogP contribution in [0.15, 0.2) is 24.3 Å². The zero-order chi connectivity index (χ0) is 13.3. The second-order valence-electron chi connectivity index (χ2n) is 3.57. The first-order chi connectivity index (χ1) is 8.13. The van der Waals surface area contributed by atoms with Crippen molar-refractivity contribution in [2.45, 2.75) is 39.5 Å². The molecule has 0 N–H and O–H groups in total. The van der Waals surface area contributed by atoms with E-state index in [1.54, 1.807) is 12.1 Å². The zero-order valence-corrected chi connectivity index (χ0v) is 11.0. The van der Waals surface area contributed by atoms with Gasteiger partial charge in [0.1, 0.15) is 5.82 Å². The lowest BCUT2D eigenvalue weighted by atomic mass is 9.96. The summed E-state index contributed by atoms with van der Waals surface area (Å²) >= 11 is 0. The minimum absolute atomic E-state index is 0.205. The summed E-state index contributed by atoms with van der Waals surface area (Å²) in [4.78, 5) is 10.9. The van der Waals surface area contributed by atoms with Crippen molar-refractivity contribution in [2.24, 2.45) is 0 Å². The van der Waals surface area contributed by atoms with Crippen molar-refractivity contribution >= 4 is 5.97 Å². The van der Waals surface area contributed by atoms with Crippen LogP contribution in [0.2, 0.25) is 0 Å². The number of esters is 1. The molecule has 0 aliphatic heterocycles. The summed E-state index contributed by atoms with van der Waals surface area (Å²) in [5.74, 6) is -0.201. The Balaban J connectivity index is 0.00000121. The Morgan fingerprint density at radius 1 is 1.29 bits per heavy atom. The van der Waals surface area contributed by atoms with E-state index in [0.717, 1.165) is 12.0 Å². The molecule has 1 unspecified atom stereocenters. The number of ether oxygens (including phenoxy) is 1. The number of halogens is 1. The Bertz CT molecular complexity index is 319. The lowest BCUT2D eigenvalue weighted by Crippen LogP contribution is -2.03. The molecule has 96 valence electrons. The summed E-state index contributed by atoms with van der Waals surface area (Å²) < 4.78 is 17.2. The van der Waals surface area contributed by atoms with Crippen molar-refractivity contribution in [3.8, 4) is 0 Å². The molecule has 0 heterocycles. The smallest absolute Gasteiger partial charge is 0.305 e. The molecule has 1 rings (SSSR count). The van der Waals surface area contributed by atoms with E-state index in [2.05, 4.69) is 4.74 Å². The highest BCUT2D eigenvalue weighted by Gasteiger charge is 2.08. The third-order valence-electron chi connectivity index (χ3n) is 2.45. The van der Waals surface area contributed by atoms with E-state index in [4.69, 9.17) is 0 Å². The van der Waals surface area contributed by atoms with Crippen LogP contribution >= 0.6 is 0 Å². The molecular weight excluding hydrogens is 219 g/mol. The van der Waals surface area contributed by atoms with Gasteiger partial charge in [0, 0.05) is 6.42 Å². The largest absolute Gasteiger partial charge is 0.469 e. The van der Waals surface area contributed by atoms with Gasteiger partial charge < -0.3 is 4.74 Å². The maximum Gasteiger partial charge on any atom is 0.305 e. The monoisotopic (exact) mass is 240 g/mol. The molecule has 2 nitrogen and oxygen atoms in total. The lowest BCUT2D eigenvalue weighted by molar-refractivity contribution is -0.140. The molecule has 0 aliphatic rings. The first kappa shape index (κ1) is 15.6. The van der Waals surface area contributed by atoms with Gasteiger partial charge in [0.05, 0.1) is 7.11 Å². The van der Waals surface area contributed by atoms with Crippen LogP contribution in [-0.2, 0) is 9.53 Å². The SMILES string of the molecule is CC.COC(=O)CCC(C)c1ccc(F)cc1. The van der Waals surface area contributed by atoms with Crippen LogP contribution in [0.5, 0.6) is 0 Å². The number of carbonyl (C=O) groups excluding carboxylic acids is 1. The van der Waals surface area contributed by atoms with Gasteiger partial charge in [0.25, 0.3) is 0 Å². The number of rotatable bonds is 4. The summed E-state index contributed by atoms with van der Waals surface area (Å²) in [5.41, 5.74) is 1.04. The molecule has 0 fully saturated rings. The molecule has 3 heteroatoms. The molecule has 17 heavy (non-hydrogen) atoms. The fourth-order valence-electron chi connectivity index (χ4n) is 1.39. The second-order valence-corrected chi connectivity index (χ2v) is 3.57. The van der Waals surface area contributed by atoms with Crippen LogP contribution in [0.4, 0.5) is 4.39 Å². The Hall–Kier alpha value is -1.38. The van der Waals surface area contributed by atoms with Crippen molar-refractivity contribution in [2.75, 3.05) is 7.11 Å². The standard InChI is InChI=1S/C12H15FO2.C2H6/c1-9(3-8-12(14)15-2)10-4-6-11(13)7-5-10;1-2/h4-7,9H,3,8H2,1-2H3;1-2H3. The minimum Gasteiger partial charge on any atom is -0.469 e. The molecule has 1 aromatic carbocycles. The first-order valence-electron chi connectivity index (χ1n) is 5.95. The third-order valence-corrected chi connectivity index (χ3v) is 2.45. The lowest BCUT2D eigenvalue weighted by Gasteiger charge is -2.10. The van der Waals surface area contributed by atoms with Crippen LogP contribution in [0.25, 0.3) is 0 Å². The van der Waals surface area contributed by atoms with Crippen molar-refractivity contribution < 1.29 is 13.9 Å². The molecule has 0 aromatic heterocycles. The molecule has 1 atom stereocenters. The van der Waals surface area contributed by atoms with Gasteiger partial charge in [0.15, 0.2) is 0 Å². The van der Waals surface area contributed by atoms with Gasteiger partial charge in [0.2, 0.25) is 0 Å². The number of methoxy groups -OCH3 is 1. The normalized spacial score (nSPS) is 11.1. The van der Waals surface area contributed by atoms with Gasteiger partial charge >= 0.3 is 5.97 Å². The summed E-state index contributed by atoms with van der Waals surface area (Å²) in [6, 6.07) is 6.36. The zero-order valence-electron chi connectivity index (χ0n) is 11.0. The van der Waals surface area contributed by atoms with Crippen molar-refractivity contribution in [3.63, 3.8) is 0 Å². The van der Waals surface area contributed by atoms with Crippen LogP contribution in [0.1, 0.15) is 45.1 Å². The predicted molar refractivity (Wildman–Crippen MR) is 67.4 cm³/mol. The van der Waals surface area contributed by atoms with E-state index < -0.39 is 0 Å². The molecule has 0 saturated heterocycles. The summed E-state index contributed by atoms with van der Waals surface area (Å²) in [5, 5.41) is 0. The molecule has 1 aromatic rings. The molecule has 0 spiro atoms. The Morgan fingerprint density at radius 2 is 1.82 bits per heavy atom. The fourth-order valence-corrected chi connectivity index (χ4v) is 1.39. The number of benzene rings is 1. The maximum absolute atomic E-state index is 12.6. The number of carbonyl (C=O) groups is 1. The summed E-state index contributed by atoms with van der Waals surface area (Å²) in [7, 11) is 1.38. The van der Waals surface area contributed by atoms with Gasteiger partial charge in [-0.15, -0.1) is 0 Å². The van der Waals surface area contributed by atoms with Gasteiger partial charge in [-0.3, -0.25) is 4.79 Å². The highest BCUT2D eigenvalue weighted by Crippen LogP contribution is 2.20.